The van der Waals surface area contributed by atoms with Gasteiger partial charge in [-0.25, -0.2) is 22.2 Å². The van der Waals surface area contributed by atoms with Gasteiger partial charge < -0.3 is 4.74 Å². The van der Waals surface area contributed by atoms with Gasteiger partial charge in [-0.1, -0.05) is 23.5 Å². The highest BCUT2D eigenvalue weighted by atomic mass is 32.2. The summed E-state index contributed by atoms with van der Waals surface area (Å²) in [6.45, 7) is 2.62. The molecule has 1 fully saturated rings. The minimum absolute atomic E-state index is 0.0291. The van der Waals surface area contributed by atoms with E-state index >= 15 is 0 Å². The summed E-state index contributed by atoms with van der Waals surface area (Å²) in [7, 11) is -4.17. The van der Waals surface area contributed by atoms with Crippen molar-refractivity contribution in [2.45, 2.75) is 31.2 Å². The van der Waals surface area contributed by atoms with Gasteiger partial charge in [-0.3, -0.25) is 14.7 Å². The molecule has 0 radical (unpaired) electrons. The van der Waals surface area contributed by atoms with Crippen molar-refractivity contribution < 1.29 is 26.7 Å². The predicted molar refractivity (Wildman–Crippen MR) is 144 cm³/mol. The zero-order valence-electron chi connectivity index (χ0n) is 21.1. The zero-order valence-corrected chi connectivity index (χ0v) is 22.7. The lowest BCUT2D eigenvalue weighted by atomic mass is 9.96. The maximum absolute atomic E-state index is 14.2. The van der Waals surface area contributed by atoms with Crippen molar-refractivity contribution in [2.24, 2.45) is 5.92 Å². The van der Waals surface area contributed by atoms with Crippen molar-refractivity contribution >= 4 is 42.6 Å². The second kappa shape index (κ2) is 11.3. The van der Waals surface area contributed by atoms with E-state index in [1.807, 2.05) is 37.3 Å². The summed E-state index contributed by atoms with van der Waals surface area (Å²) in [6, 6.07) is 13.5. The average Bonchev–Trinajstić information content (AvgIpc) is 3.37. The van der Waals surface area contributed by atoms with Gasteiger partial charge in [0.15, 0.2) is 5.13 Å². The molecule has 39 heavy (non-hydrogen) atoms. The van der Waals surface area contributed by atoms with Crippen LogP contribution in [0.15, 0.2) is 65.7 Å². The van der Waals surface area contributed by atoms with Gasteiger partial charge in [0.05, 0.1) is 23.5 Å². The first-order chi connectivity index (χ1) is 18.8. The number of rotatable bonds is 8. The van der Waals surface area contributed by atoms with E-state index in [1.54, 1.807) is 17.2 Å². The quantitative estimate of drug-likeness (QED) is 0.295. The van der Waals surface area contributed by atoms with Crippen LogP contribution in [0.4, 0.5) is 13.9 Å². The number of sulfonamides is 1. The van der Waals surface area contributed by atoms with Gasteiger partial charge in [-0.2, -0.15) is 4.31 Å². The summed E-state index contributed by atoms with van der Waals surface area (Å²) in [4.78, 5) is 24.0. The highest BCUT2D eigenvalue weighted by Crippen LogP contribution is 2.36. The fourth-order valence-electron chi connectivity index (χ4n) is 4.58. The number of anilines is 1. The first kappa shape index (κ1) is 27.1. The molecule has 5 rings (SSSR count). The number of piperidine rings is 1. The van der Waals surface area contributed by atoms with E-state index < -0.39 is 32.5 Å². The second-order valence-electron chi connectivity index (χ2n) is 9.03. The Morgan fingerprint density at radius 3 is 2.62 bits per heavy atom. The summed E-state index contributed by atoms with van der Waals surface area (Å²) >= 11 is 1.37. The number of benzene rings is 2. The van der Waals surface area contributed by atoms with Crippen LogP contribution >= 0.6 is 11.3 Å². The van der Waals surface area contributed by atoms with E-state index in [9.17, 15) is 22.0 Å². The summed E-state index contributed by atoms with van der Waals surface area (Å²) in [5, 5.41) is 0.497. The number of carbonyl (C=O) groups excluding carboxylic acids is 1. The number of nitrogens with zero attached hydrogens (tertiary/aromatic N) is 4. The van der Waals surface area contributed by atoms with Crippen LogP contribution in [0, 0.1) is 17.6 Å². The van der Waals surface area contributed by atoms with Crippen molar-refractivity contribution in [3.8, 4) is 5.75 Å². The second-order valence-corrected chi connectivity index (χ2v) is 11.9. The molecule has 12 heteroatoms. The number of para-hydroxylation sites is 1. The highest BCUT2D eigenvalue weighted by Gasteiger charge is 2.36. The fourth-order valence-corrected chi connectivity index (χ4v) is 7.08. The molecule has 3 heterocycles. The molecule has 2 aromatic carbocycles. The van der Waals surface area contributed by atoms with Gasteiger partial charge in [0.1, 0.15) is 27.8 Å². The van der Waals surface area contributed by atoms with E-state index in [0.29, 0.717) is 34.8 Å². The van der Waals surface area contributed by atoms with Crippen LogP contribution in [-0.2, 0) is 21.4 Å². The van der Waals surface area contributed by atoms with E-state index in [-0.39, 0.29) is 38.4 Å². The summed E-state index contributed by atoms with van der Waals surface area (Å²) in [5.41, 5.74) is 1.35. The number of hydrogen-bond donors (Lipinski definition) is 0. The Hall–Kier alpha value is -3.48. The van der Waals surface area contributed by atoms with Crippen LogP contribution in [0.25, 0.3) is 10.2 Å². The molecule has 0 aliphatic carbocycles. The molecule has 0 N–H and O–H groups in total. The summed E-state index contributed by atoms with van der Waals surface area (Å²) < 4.78 is 61.3. The molecule has 1 aliphatic heterocycles. The molecule has 4 aromatic rings. The number of amides is 1. The Bertz CT molecular complexity index is 1590. The Morgan fingerprint density at radius 2 is 1.92 bits per heavy atom. The van der Waals surface area contributed by atoms with Gasteiger partial charge in [0.25, 0.3) is 0 Å². The van der Waals surface area contributed by atoms with Gasteiger partial charge >= 0.3 is 0 Å². The molecular formula is C27H26F2N4O4S2. The number of hydrogen-bond acceptors (Lipinski definition) is 7. The van der Waals surface area contributed by atoms with E-state index in [2.05, 4.69) is 4.98 Å². The molecule has 2 aromatic heterocycles. The summed E-state index contributed by atoms with van der Waals surface area (Å²) in [5.74, 6) is -2.03. The van der Waals surface area contributed by atoms with Crippen LogP contribution in [0.5, 0.6) is 5.75 Å². The van der Waals surface area contributed by atoms with Crippen LogP contribution < -0.4 is 9.64 Å². The number of carbonyl (C=O) groups is 1. The normalized spacial score (nSPS) is 14.9. The van der Waals surface area contributed by atoms with Crippen molar-refractivity contribution in [1.29, 1.82) is 0 Å². The smallest absolute Gasteiger partial charge is 0.245 e. The predicted octanol–water partition coefficient (Wildman–Crippen LogP) is 5.00. The number of thiazole rings is 1. The van der Waals surface area contributed by atoms with Gasteiger partial charge in [-0.15, -0.1) is 0 Å². The maximum Gasteiger partial charge on any atom is 0.245 e. The van der Waals surface area contributed by atoms with Crippen molar-refractivity contribution in [3.05, 3.63) is 78.1 Å². The third-order valence-electron chi connectivity index (χ3n) is 6.53. The Labute approximate surface area is 228 Å². The molecule has 0 atom stereocenters. The van der Waals surface area contributed by atoms with Gasteiger partial charge in [-0.05, 0) is 56.2 Å². The molecule has 0 spiro atoms. The minimum atomic E-state index is -4.17. The molecule has 0 bridgehead atoms. The molecule has 8 nitrogen and oxygen atoms in total. The third kappa shape index (κ3) is 5.63. The molecule has 204 valence electrons. The van der Waals surface area contributed by atoms with E-state index in [4.69, 9.17) is 9.72 Å². The first-order valence-electron chi connectivity index (χ1n) is 12.5. The number of fused-ring (bicyclic) bond motifs is 1. The molecular weight excluding hydrogens is 546 g/mol. The molecule has 1 saturated heterocycles. The van der Waals surface area contributed by atoms with Crippen LogP contribution in [-0.4, -0.2) is 48.3 Å². The lowest BCUT2D eigenvalue weighted by molar-refractivity contribution is -0.123. The number of ether oxygens (including phenoxy) is 1. The lowest BCUT2D eigenvalue weighted by Gasteiger charge is -2.33. The number of pyridine rings is 1. The SMILES string of the molecule is CCOc1cccc2sc(N(Cc3ccccn3)C(=O)C3CCN(S(=O)(=O)c4ccc(F)cc4F)CC3)nc12. The fraction of sp³-hybridized carbons (Fsp3) is 0.296. The Balaban J connectivity index is 1.39. The van der Waals surface area contributed by atoms with Crippen molar-refractivity contribution in [1.82, 2.24) is 14.3 Å². The third-order valence-corrected chi connectivity index (χ3v) is 9.50. The van der Waals surface area contributed by atoms with Crippen LogP contribution in [0.2, 0.25) is 0 Å². The van der Waals surface area contributed by atoms with E-state index in [1.165, 1.54) is 11.3 Å². The van der Waals surface area contributed by atoms with Crippen LogP contribution in [0.1, 0.15) is 25.5 Å². The number of aromatic nitrogens is 2. The van der Waals surface area contributed by atoms with Gasteiger partial charge in [0, 0.05) is 31.3 Å². The maximum atomic E-state index is 14.2. The zero-order chi connectivity index (χ0) is 27.6. The summed E-state index contributed by atoms with van der Waals surface area (Å²) in [6.07, 6.45) is 2.14. The van der Waals surface area contributed by atoms with Crippen LogP contribution in [0.3, 0.4) is 0 Å². The topological polar surface area (TPSA) is 92.7 Å². The Kier molecular flexibility index (Phi) is 7.87. The first-order valence-corrected chi connectivity index (χ1v) is 14.7. The van der Waals surface area contributed by atoms with Gasteiger partial charge in [0.2, 0.25) is 15.9 Å². The lowest BCUT2D eigenvalue weighted by Crippen LogP contribution is -2.44. The molecule has 1 aliphatic rings. The van der Waals surface area contributed by atoms with E-state index in [0.717, 1.165) is 21.1 Å². The monoisotopic (exact) mass is 572 g/mol. The van der Waals surface area contributed by atoms with Crippen molar-refractivity contribution in [3.63, 3.8) is 0 Å². The molecule has 0 saturated carbocycles. The highest BCUT2D eigenvalue weighted by molar-refractivity contribution is 7.89. The minimum Gasteiger partial charge on any atom is -0.492 e. The standard InChI is InChI=1S/C27H26F2N4O4S2/c1-2-37-22-7-5-8-23-25(22)31-27(38-23)33(17-20-6-3-4-13-30-20)26(34)18-11-14-32(15-12-18)39(35,36)24-10-9-19(28)16-21(24)29/h3-10,13,16,18H,2,11-12,14-15,17H2,1H3. The van der Waals surface area contributed by atoms with Crippen molar-refractivity contribution in [2.75, 3.05) is 24.6 Å². The number of halogens is 2. The molecule has 0 unspecified atom stereocenters. The largest absolute Gasteiger partial charge is 0.492 e. The molecule has 1 amide bonds. The Morgan fingerprint density at radius 1 is 1.13 bits per heavy atom. The average molecular weight is 573 g/mol.